The molecule has 1 aromatic carbocycles. The maximum Gasteiger partial charge on any atom is 0.0682 e. The molecule has 0 spiro atoms. The number of hydrogen-bond donors (Lipinski definition) is 2. The monoisotopic (exact) mass is 164 g/mol. The van der Waals surface area contributed by atoms with Crippen molar-refractivity contribution in [1.82, 2.24) is 0 Å². The minimum atomic E-state index is 0. The molecule has 72 valence electrons. The van der Waals surface area contributed by atoms with Gasteiger partial charge in [-0.3, -0.25) is 0 Å². The quantitative estimate of drug-likeness (QED) is 0.705. The molecule has 0 aliphatic heterocycles. The first kappa shape index (κ1) is 8.24. The summed E-state index contributed by atoms with van der Waals surface area (Å²) in [4.78, 5) is 0. The lowest BCUT2D eigenvalue weighted by atomic mass is 10.1. The van der Waals surface area contributed by atoms with Crippen molar-refractivity contribution in [3.8, 4) is 0 Å². The van der Waals surface area contributed by atoms with Gasteiger partial charge in [-0.2, -0.15) is 0 Å². The van der Waals surface area contributed by atoms with Gasteiger partial charge in [-0.05, 0) is 18.1 Å². The lowest BCUT2D eigenvalue weighted by Gasteiger charge is -2.02. The van der Waals surface area contributed by atoms with E-state index < -0.39 is 0 Å². The molecule has 0 unspecified atom stereocenters. The fourth-order valence-corrected chi connectivity index (χ4v) is 1.13. The highest BCUT2D eigenvalue weighted by Crippen LogP contribution is 2.09. The predicted octanol–water partition coefficient (Wildman–Crippen LogP) is 2.46. The van der Waals surface area contributed by atoms with Crippen molar-refractivity contribution in [2.45, 2.75) is 20.1 Å². The van der Waals surface area contributed by atoms with Crippen molar-refractivity contribution >= 4 is 0 Å². The predicted molar refractivity (Wildman–Crippen MR) is 55.7 cm³/mol. The molecule has 0 amide bonds. The van der Waals surface area contributed by atoms with Crippen LogP contribution in [0.1, 0.15) is 25.3 Å². The van der Waals surface area contributed by atoms with Gasteiger partial charge in [0.25, 0.3) is 0 Å². The van der Waals surface area contributed by atoms with Crippen LogP contribution in [-0.4, -0.2) is 10.2 Å². The molecule has 11 heavy (non-hydrogen) atoms. The third-order valence-electron chi connectivity index (χ3n) is 1.56. The molecule has 0 heterocycles. The number of benzene rings is 1. The fourth-order valence-electron chi connectivity index (χ4n) is 1.13. The highest BCUT2D eigenvalue weighted by Gasteiger charge is 1.95. The van der Waals surface area contributed by atoms with Crippen LogP contribution in [0.5, 0.6) is 0 Å². The molecule has 0 saturated carbocycles. The molecule has 0 bridgehead atoms. The van der Waals surface area contributed by atoms with Gasteiger partial charge in [-0.1, -0.05) is 23.8 Å². The minimum absolute atomic E-state index is 0. The Bertz CT molecular complexity index is 237. The van der Waals surface area contributed by atoms with Crippen LogP contribution in [0.15, 0.2) is 18.2 Å². The molecular weight excluding hydrogens is 140 g/mol. The summed E-state index contributed by atoms with van der Waals surface area (Å²) in [5, 5.41) is 17.6. The molecule has 0 aromatic heterocycles. The van der Waals surface area contributed by atoms with Gasteiger partial charge in [0.05, 0.1) is 13.2 Å². The molecule has 1 rings (SSSR count). The summed E-state index contributed by atoms with van der Waals surface area (Å²) in [6.45, 7) is 2.02. The van der Waals surface area contributed by atoms with E-state index in [1.807, 2.05) is 19.1 Å². The smallest absolute Gasteiger partial charge is 0.0682 e. The second kappa shape index (κ2) is 3.51. The highest BCUT2D eigenvalue weighted by atomic mass is 16.3. The van der Waals surface area contributed by atoms with Gasteiger partial charge >= 0.3 is 0 Å². The van der Waals surface area contributed by atoms with Gasteiger partial charge in [0, 0.05) is 8.56 Å². The van der Waals surface area contributed by atoms with Crippen molar-refractivity contribution in [3.63, 3.8) is 0 Å². The van der Waals surface area contributed by atoms with E-state index in [-0.39, 0.29) is 21.8 Å². The van der Waals surface area contributed by atoms with Crippen LogP contribution >= 0.6 is 0 Å². The van der Waals surface area contributed by atoms with E-state index in [2.05, 4.69) is 0 Å². The maximum absolute atomic E-state index is 8.80. The average Bonchev–Trinajstić information content (AvgIpc) is 2.03. The van der Waals surface area contributed by atoms with E-state index in [1.54, 1.807) is 6.07 Å². The maximum atomic E-state index is 8.80. The van der Waals surface area contributed by atoms with Gasteiger partial charge in [0.15, 0.2) is 0 Å². The standard InChI is InChI=1S/C9H12O2.6H2/c1-7-2-8(5-10)4-9(3-7)6-11;;;;;;/h2-4,10-11H,5-6H2,1H3;6*1H. The third-order valence-corrected chi connectivity index (χ3v) is 1.56. The molecular formula is C9H24O2. The van der Waals surface area contributed by atoms with Crippen LogP contribution in [0, 0.1) is 6.92 Å². The van der Waals surface area contributed by atoms with E-state index >= 15 is 0 Å². The fraction of sp³-hybridized carbons (Fsp3) is 0.333. The van der Waals surface area contributed by atoms with E-state index in [9.17, 15) is 0 Å². The molecule has 2 N–H and O–H groups in total. The zero-order chi connectivity index (χ0) is 8.27. The van der Waals surface area contributed by atoms with Gasteiger partial charge in [-0.25, -0.2) is 0 Å². The van der Waals surface area contributed by atoms with E-state index in [1.165, 1.54) is 0 Å². The molecule has 0 fully saturated rings. The van der Waals surface area contributed by atoms with Crippen LogP contribution in [0.4, 0.5) is 0 Å². The summed E-state index contributed by atoms with van der Waals surface area (Å²) < 4.78 is 0. The van der Waals surface area contributed by atoms with Crippen LogP contribution in [-0.2, 0) is 13.2 Å². The van der Waals surface area contributed by atoms with Gasteiger partial charge in [-0.15, -0.1) is 0 Å². The molecule has 0 aliphatic rings. The first-order chi connectivity index (χ1) is 5.26. The van der Waals surface area contributed by atoms with Crippen molar-refractivity contribution in [2.24, 2.45) is 0 Å². The Hall–Kier alpha value is -0.860. The Morgan fingerprint density at radius 2 is 1.55 bits per heavy atom. The van der Waals surface area contributed by atoms with E-state index in [4.69, 9.17) is 10.2 Å². The summed E-state index contributed by atoms with van der Waals surface area (Å²) >= 11 is 0. The summed E-state index contributed by atoms with van der Waals surface area (Å²) in [6.07, 6.45) is 0. The van der Waals surface area contributed by atoms with Crippen LogP contribution in [0.2, 0.25) is 0 Å². The Kier molecular flexibility index (Phi) is 2.63. The molecule has 0 saturated heterocycles. The number of aryl methyl sites for hydroxylation is 1. The Morgan fingerprint density at radius 3 is 1.91 bits per heavy atom. The average molecular weight is 164 g/mol. The van der Waals surface area contributed by atoms with Crippen molar-refractivity contribution in [2.75, 3.05) is 0 Å². The zero-order valence-corrected chi connectivity index (χ0v) is 6.54. The summed E-state index contributed by atoms with van der Waals surface area (Å²) in [6, 6.07) is 5.60. The first-order valence-electron chi connectivity index (χ1n) is 3.57. The molecule has 2 nitrogen and oxygen atoms in total. The van der Waals surface area contributed by atoms with Crippen LogP contribution in [0.25, 0.3) is 0 Å². The summed E-state index contributed by atoms with van der Waals surface area (Å²) in [7, 11) is 0. The number of aliphatic hydroxyl groups is 2. The number of hydrogen-bond acceptors (Lipinski definition) is 2. The molecule has 0 atom stereocenters. The van der Waals surface area contributed by atoms with Crippen molar-refractivity contribution in [3.05, 3.63) is 34.9 Å². The Balaban J connectivity index is -0.0000000504. The molecule has 0 aliphatic carbocycles. The van der Waals surface area contributed by atoms with Gasteiger partial charge < -0.3 is 10.2 Å². The topological polar surface area (TPSA) is 40.5 Å². The zero-order valence-electron chi connectivity index (χ0n) is 6.54. The largest absolute Gasteiger partial charge is 0.392 e. The Morgan fingerprint density at radius 1 is 1.09 bits per heavy atom. The van der Waals surface area contributed by atoms with Crippen molar-refractivity contribution in [1.29, 1.82) is 0 Å². The van der Waals surface area contributed by atoms with Crippen LogP contribution < -0.4 is 0 Å². The molecule has 0 radical (unpaired) electrons. The molecule has 2 heteroatoms. The number of aliphatic hydroxyl groups excluding tert-OH is 2. The minimum Gasteiger partial charge on any atom is -0.392 e. The Labute approximate surface area is 75.0 Å². The summed E-state index contributed by atoms with van der Waals surface area (Å²) in [5.41, 5.74) is 2.78. The SMILES string of the molecule is Cc1cc(CO)cc(CO)c1.[HH].[HH].[HH].[HH].[HH].[HH]. The lowest BCUT2D eigenvalue weighted by molar-refractivity contribution is 0.275. The second-order valence-electron chi connectivity index (χ2n) is 2.64. The van der Waals surface area contributed by atoms with Crippen molar-refractivity contribution < 1.29 is 18.8 Å². The summed E-state index contributed by atoms with van der Waals surface area (Å²) in [5.74, 6) is 0. The second-order valence-corrected chi connectivity index (χ2v) is 2.64. The highest BCUT2D eigenvalue weighted by molar-refractivity contribution is 5.28. The molecule has 1 aromatic rings. The van der Waals surface area contributed by atoms with E-state index in [0.717, 1.165) is 16.7 Å². The first-order valence-corrected chi connectivity index (χ1v) is 3.57. The third kappa shape index (κ3) is 2.03. The van der Waals surface area contributed by atoms with Gasteiger partial charge in [0.2, 0.25) is 0 Å². The van der Waals surface area contributed by atoms with Crippen LogP contribution in [0.3, 0.4) is 0 Å². The normalized spacial score (nSPS) is 10.1. The van der Waals surface area contributed by atoms with E-state index in [0.29, 0.717) is 0 Å². The lowest BCUT2D eigenvalue weighted by Crippen LogP contribution is -1.89. The van der Waals surface area contributed by atoms with Gasteiger partial charge in [0.1, 0.15) is 0 Å². The number of rotatable bonds is 2.